The Labute approximate surface area is 171 Å². The molecule has 3 aromatic heterocycles. The van der Waals surface area contributed by atoms with Crippen LogP contribution in [0.4, 0.5) is 10.2 Å². The fraction of sp³-hybridized carbons (Fsp3) is 0.0909. The quantitative estimate of drug-likeness (QED) is 0.475. The predicted molar refractivity (Wildman–Crippen MR) is 109 cm³/mol. The summed E-state index contributed by atoms with van der Waals surface area (Å²) >= 11 is 0. The van der Waals surface area contributed by atoms with Crippen molar-refractivity contribution in [3.05, 3.63) is 84.2 Å². The highest BCUT2D eigenvalue weighted by atomic mass is 19.1. The van der Waals surface area contributed by atoms with Gasteiger partial charge < -0.3 is 15.2 Å². The lowest BCUT2D eigenvalue weighted by Crippen LogP contribution is -2.11. The molecule has 150 valence electrons. The average Bonchev–Trinajstić information content (AvgIpc) is 2.74. The minimum Gasteiger partial charge on any atom is -0.478 e. The van der Waals surface area contributed by atoms with Crippen LogP contribution in [0.5, 0.6) is 11.6 Å². The monoisotopic (exact) mass is 404 g/mol. The molecule has 4 rings (SSSR count). The lowest BCUT2D eigenvalue weighted by atomic mass is 10.1. The van der Waals surface area contributed by atoms with E-state index in [1.165, 1.54) is 24.4 Å². The number of rotatable bonds is 6. The molecular weight excluding hydrogens is 387 g/mol. The number of pyridine rings is 3. The van der Waals surface area contributed by atoms with Crippen molar-refractivity contribution in [2.75, 3.05) is 5.32 Å². The van der Waals surface area contributed by atoms with Crippen molar-refractivity contribution < 1.29 is 19.0 Å². The molecule has 1 atom stereocenters. The van der Waals surface area contributed by atoms with E-state index in [1.54, 1.807) is 30.6 Å². The van der Waals surface area contributed by atoms with Crippen molar-refractivity contribution in [3.63, 3.8) is 0 Å². The first-order valence-electron chi connectivity index (χ1n) is 9.14. The fourth-order valence-electron chi connectivity index (χ4n) is 2.99. The van der Waals surface area contributed by atoms with Crippen LogP contribution in [0.15, 0.2) is 67.1 Å². The molecule has 0 amide bonds. The molecule has 8 heteroatoms. The molecule has 4 aromatic rings. The maximum atomic E-state index is 13.5. The van der Waals surface area contributed by atoms with Crippen LogP contribution in [-0.2, 0) is 0 Å². The predicted octanol–water partition coefficient (Wildman–Crippen LogP) is 4.83. The van der Waals surface area contributed by atoms with E-state index in [2.05, 4.69) is 20.3 Å². The summed E-state index contributed by atoms with van der Waals surface area (Å²) < 4.78 is 19.4. The lowest BCUT2D eigenvalue weighted by Gasteiger charge is -2.17. The van der Waals surface area contributed by atoms with Gasteiger partial charge in [-0.3, -0.25) is 4.98 Å². The highest BCUT2D eigenvalue weighted by Gasteiger charge is 2.15. The number of carboxylic acid groups (broad SMARTS) is 1. The number of benzene rings is 1. The van der Waals surface area contributed by atoms with Crippen LogP contribution in [0.25, 0.3) is 10.8 Å². The third-order valence-electron chi connectivity index (χ3n) is 4.48. The zero-order valence-corrected chi connectivity index (χ0v) is 15.9. The number of nitrogens with one attached hydrogen (secondary N) is 1. The number of aromatic carboxylic acids is 1. The number of hydrogen-bond donors (Lipinski definition) is 2. The third kappa shape index (κ3) is 4.02. The topological polar surface area (TPSA) is 97.2 Å². The maximum Gasteiger partial charge on any atom is 0.337 e. The Bertz CT molecular complexity index is 1210. The van der Waals surface area contributed by atoms with Crippen LogP contribution in [0, 0.1) is 5.82 Å². The van der Waals surface area contributed by atoms with E-state index >= 15 is 0 Å². The van der Waals surface area contributed by atoms with Gasteiger partial charge in [-0.25, -0.2) is 19.2 Å². The lowest BCUT2D eigenvalue weighted by molar-refractivity contribution is 0.0696. The molecule has 2 N–H and O–H groups in total. The standard InChI is InChI=1S/C22H17FN4O3/c1-13(18-6-5-15(12-26-18)22(28)29)27-20-19-14(7-9-24-20)8-10-25-21(19)30-17-4-2-3-16(23)11-17/h2-13H,1H3,(H,24,27)(H,28,29). The van der Waals surface area contributed by atoms with Gasteiger partial charge in [-0.15, -0.1) is 0 Å². The minimum absolute atomic E-state index is 0.115. The van der Waals surface area contributed by atoms with Gasteiger partial charge in [0.05, 0.1) is 22.7 Å². The van der Waals surface area contributed by atoms with Crippen molar-refractivity contribution in [1.29, 1.82) is 0 Å². The summed E-state index contributed by atoms with van der Waals surface area (Å²) in [6.07, 6.45) is 4.58. The van der Waals surface area contributed by atoms with Gasteiger partial charge in [-0.2, -0.15) is 0 Å². The summed E-state index contributed by atoms with van der Waals surface area (Å²) in [6.45, 7) is 1.88. The molecule has 30 heavy (non-hydrogen) atoms. The highest BCUT2D eigenvalue weighted by Crippen LogP contribution is 2.33. The number of halogens is 1. The van der Waals surface area contributed by atoms with Crippen molar-refractivity contribution >= 4 is 22.6 Å². The molecule has 0 aliphatic rings. The van der Waals surface area contributed by atoms with Gasteiger partial charge in [-0.05, 0) is 48.7 Å². The molecule has 0 saturated carbocycles. The Morgan fingerprint density at radius 1 is 1.10 bits per heavy atom. The zero-order chi connectivity index (χ0) is 21.1. The molecule has 1 unspecified atom stereocenters. The largest absolute Gasteiger partial charge is 0.478 e. The van der Waals surface area contributed by atoms with Gasteiger partial charge in [0.15, 0.2) is 0 Å². The second kappa shape index (κ2) is 8.12. The molecule has 0 radical (unpaired) electrons. The first kappa shape index (κ1) is 19.3. The number of carbonyl (C=O) groups is 1. The number of carboxylic acids is 1. The van der Waals surface area contributed by atoms with Gasteiger partial charge >= 0.3 is 5.97 Å². The SMILES string of the molecule is CC(Nc1nccc2ccnc(Oc3cccc(F)c3)c12)c1ccc(C(=O)O)cn1. The van der Waals surface area contributed by atoms with E-state index in [0.717, 1.165) is 5.39 Å². The van der Waals surface area contributed by atoms with Gasteiger partial charge in [0.25, 0.3) is 0 Å². The van der Waals surface area contributed by atoms with Crippen molar-refractivity contribution in [2.45, 2.75) is 13.0 Å². The van der Waals surface area contributed by atoms with E-state index < -0.39 is 11.8 Å². The normalized spacial score (nSPS) is 11.8. The summed E-state index contributed by atoms with van der Waals surface area (Å²) in [5.74, 6) is -0.313. The van der Waals surface area contributed by atoms with Crippen molar-refractivity contribution in [3.8, 4) is 11.6 Å². The van der Waals surface area contributed by atoms with Crippen LogP contribution in [0.1, 0.15) is 29.0 Å². The second-order valence-corrected chi connectivity index (χ2v) is 6.58. The van der Waals surface area contributed by atoms with E-state index in [9.17, 15) is 9.18 Å². The molecule has 3 heterocycles. The maximum absolute atomic E-state index is 13.5. The van der Waals surface area contributed by atoms with E-state index in [0.29, 0.717) is 22.6 Å². The number of hydrogen-bond acceptors (Lipinski definition) is 6. The van der Waals surface area contributed by atoms with E-state index in [-0.39, 0.29) is 17.5 Å². The number of nitrogens with zero attached hydrogens (tertiary/aromatic N) is 3. The first-order chi connectivity index (χ1) is 14.5. The minimum atomic E-state index is -1.03. The third-order valence-corrected chi connectivity index (χ3v) is 4.48. The summed E-state index contributed by atoms with van der Waals surface area (Å²) in [4.78, 5) is 23.9. The second-order valence-electron chi connectivity index (χ2n) is 6.58. The Hall–Kier alpha value is -4.07. The Morgan fingerprint density at radius 2 is 1.90 bits per heavy atom. The average molecular weight is 404 g/mol. The highest BCUT2D eigenvalue weighted by molar-refractivity contribution is 5.95. The molecule has 0 bridgehead atoms. The molecule has 7 nitrogen and oxygen atoms in total. The molecule has 1 aromatic carbocycles. The van der Waals surface area contributed by atoms with Crippen molar-refractivity contribution in [2.24, 2.45) is 0 Å². The van der Waals surface area contributed by atoms with Gasteiger partial charge in [-0.1, -0.05) is 6.07 Å². The molecule has 0 aliphatic carbocycles. The van der Waals surface area contributed by atoms with Crippen LogP contribution in [0.3, 0.4) is 0 Å². The van der Waals surface area contributed by atoms with Crippen LogP contribution in [-0.4, -0.2) is 26.0 Å². The molecule has 0 spiro atoms. The van der Waals surface area contributed by atoms with E-state index in [1.807, 2.05) is 19.1 Å². The van der Waals surface area contributed by atoms with Gasteiger partial charge in [0.1, 0.15) is 17.4 Å². The zero-order valence-electron chi connectivity index (χ0n) is 15.9. The number of aromatic nitrogens is 3. The first-order valence-corrected chi connectivity index (χ1v) is 9.14. The number of ether oxygens (including phenoxy) is 1. The number of anilines is 1. The smallest absolute Gasteiger partial charge is 0.337 e. The molecule has 0 aliphatic heterocycles. The van der Waals surface area contributed by atoms with Crippen LogP contribution in [0.2, 0.25) is 0 Å². The molecule has 0 saturated heterocycles. The summed E-state index contributed by atoms with van der Waals surface area (Å²) in [6, 6.07) is 12.3. The Morgan fingerprint density at radius 3 is 2.60 bits per heavy atom. The number of fused-ring (bicyclic) bond motifs is 1. The van der Waals surface area contributed by atoms with E-state index in [4.69, 9.17) is 9.84 Å². The van der Waals surface area contributed by atoms with Gasteiger partial charge in [0, 0.05) is 24.7 Å². The molecule has 0 fully saturated rings. The summed E-state index contributed by atoms with van der Waals surface area (Å²) in [5, 5.41) is 13.8. The van der Waals surface area contributed by atoms with Crippen molar-refractivity contribution in [1.82, 2.24) is 15.0 Å². The van der Waals surface area contributed by atoms with Crippen LogP contribution >= 0.6 is 0 Å². The summed E-state index contributed by atoms with van der Waals surface area (Å²) in [5.41, 5.74) is 0.763. The Balaban J connectivity index is 1.67. The fourth-order valence-corrected chi connectivity index (χ4v) is 2.99. The van der Waals surface area contributed by atoms with Gasteiger partial charge in [0.2, 0.25) is 5.88 Å². The van der Waals surface area contributed by atoms with Crippen LogP contribution < -0.4 is 10.1 Å². The summed E-state index contributed by atoms with van der Waals surface area (Å²) in [7, 11) is 0. The Kier molecular flexibility index (Phi) is 5.21. The molecular formula is C22H17FN4O3.